The fourth-order valence-corrected chi connectivity index (χ4v) is 1.14. The Kier molecular flexibility index (Phi) is 4.39. The average Bonchev–Trinajstić information content (AvgIpc) is 2.26. The SMILES string of the molecule is COC(=O)Cc1cccc(C#CCO)c1. The first-order valence-electron chi connectivity index (χ1n) is 4.51. The molecule has 1 aromatic rings. The standard InChI is InChI=1S/C12H12O3/c1-15-12(14)9-11-5-2-4-10(8-11)6-3-7-13/h2,4-5,8,13H,7,9H2,1H3. The van der Waals surface area contributed by atoms with Gasteiger partial charge < -0.3 is 9.84 Å². The molecule has 0 fully saturated rings. The molecule has 1 aromatic carbocycles. The molecule has 1 rings (SSSR count). The van der Waals surface area contributed by atoms with Crippen molar-refractivity contribution in [3.05, 3.63) is 35.4 Å². The molecular formula is C12H12O3. The first kappa shape index (κ1) is 11.3. The quantitative estimate of drug-likeness (QED) is 0.571. The van der Waals surface area contributed by atoms with Crippen LogP contribution in [0.2, 0.25) is 0 Å². The summed E-state index contributed by atoms with van der Waals surface area (Å²) >= 11 is 0. The number of methoxy groups -OCH3 is 1. The topological polar surface area (TPSA) is 46.5 Å². The van der Waals surface area contributed by atoms with Crippen LogP contribution in [0.1, 0.15) is 11.1 Å². The minimum atomic E-state index is -0.276. The molecule has 1 N–H and O–H groups in total. The smallest absolute Gasteiger partial charge is 0.309 e. The summed E-state index contributed by atoms with van der Waals surface area (Å²) in [6.07, 6.45) is 0.241. The molecular weight excluding hydrogens is 192 g/mol. The number of carbonyl (C=O) groups excluding carboxylic acids is 1. The second-order valence-corrected chi connectivity index (χ2v) is 2.91. The van der Waals surface area contributed by atoms with E-state index >= 15 is 0 Å². The van der Waals surface area contributed by atoms with Crippen LogP contribution in [0.5, 0.6) is 0 Å². The van der Waals surface area contributed by atoms with Crippen molar-refractivity contribution in [3.63, 3.8) is 0 Å². The Morgan fingerprint density at radius 2 is 2.33 bits per heavy atom. The van der Waals surface area contributed by atoms with E-state index in [-0.39, 0.29) is 19.0 Å². The van der Waals surface area contributed by atoms with Crippen LogP contribution in [0.25, 0.3) is 0 Å². The Bertz CT molecular complexity index is 399. The number of esters is 1. The van der Waals surface area contributed by atoms with Gasteiger partial charge in [-0.3, -0.25) is 4.79 Å². The van der Waals surface area contributed by atoms with Gasteiger partial charge in [-0.25, -0.2) is 0 Å². The number of benzene rings is 1. The summed E-state index contributed by atoms with van der Waals surface area (Å²) in [5.41, 5.74) is 1.64. The summed E-state index contributed by atoms with van der Waals surface area (Å²) in [6.45, 7) is -0.165. The number of carbonyl (C=O) groups is 1. The highest BCUT2D eigenvalue weighted by molar-refractivity contribution is 5.72. The van der Waals surface area contributed by atoms with Crippen molar-refractivity contribution in [1.29, 1.82) is 0 Å². The van der Waals surface area contributed by atoms with E-state index in [0.717, 1.165) is 11.1 Å². The maximum Gasteiger partial charge on any atom is 0.309 e. The molecule has 0 atom stereocenters. The zero-order valence-corrected chi connectivity index (χ0v) is 8.49. The maximum atomic E-state index is 11.0. The van der Waals surface area contributed by atoms with Crippen LogP contribution in [-0.2, 0) is 16.0 Å². The van der Waals surface area contributed by atoms with Gasteiger partial charge in [0.15, 0.2) is 0 Å². The molecule has 0 aromatic heterocycles. The molecule has 3 heteroatoms. The maximum absolute atomic E-state index is 11.0. The van der Waals surface area contributed by atoms with Crippen LogP contribution in [-0.4, -0.2) is 24.8 Å². The molecule has 0 saturated heterocycles. The van der Waals surface area contributed by atoms with Gasteiger partial charge in [0, 0.05) is 5.56 Å². The van der Waals surface area contributed by atoms with E-state index in [9.17, 15) is 4.79 Å². The lowest BCUT2D eigenvalue weighted by Crippen LogP contribution is -2.04. The average molecular weight is 204 g/mol. The van der Waals surface area contributed by atoms with Crippen LogP contribution >= 0.6 is 0 Å². The largest absolute Gasteiger partial charge is 0.469 e. The minimum Gasteiger partial charge on any atom is -0.469 e. The summed E-state index contributed by atoms with van der Waals surface area (Å²) in [5.74, 6) is 5.05. The summed E-state index contributed by atoms with van der Waals surface area (Å²) in [5, 5.41) is 8.53. The monoisotopic (exact) mass is 204 g/mol. The predicted molar refractivity (Wildman–Crippen MR) is 56.1 cm³/mol. The van der Waals surface area contributed by atoms with Gasteiger partial charge in [-0.1, -0.05) is 24.0 Å². The van der Waals surface area contributed by atoms with Crippen LogP contribution in [0.4, 0.5) is 0 Å². The second-order valence-electron chi connectivity index (χ2n) is 2.91. The number of rotatable bonds is 2. The molecule has 0 amide bonds. The fourth-order valence-electron chi connectivity index (χ4n) is 1.14. The highest BCUT2D eigenvalue weighted by atomic mass is 16.5. The van der Waals surface area contributed by atoms with E-state index in [0.29, 0.717) is 0 Å². The van der Waals surface area contributed by atoms with E-state index in [1.165, 1.54) is 7.11 Å². The van der Waals surface area contributed by atoms with E-state index < -0.39 is 0 Å². The number of aliphatic hydroxyl groups excluding tert-OH is 1. The molecule has 0 spiro atoms. The molecule has 0 aliphatic carbocycles. The lowest BCUT2D eigenvalue weighted by atomic mass is 10.1. The molecule has 0 unspecified atom stereocenters. The van der Waals surface area contributed by atoms with Crippen LogP contribution in [0, 0.1) is 11.8 Å². The first-order chi connectivity index (χ1) is 7.26. The van der Waals surface area contributed by atoms with Crippen molar-refractivity contribution >= 4 is 5.97 Å². The fraction of sp³-hybridized carbons (Fsp3) is 0.250. The van der Waals surface area contributed by atoms with Crippen LogP contribution in [0.15, 0.2) is 24.3 Å². The predicted octanol–water partition coefficient (Wildman–Crippen LogP) is 0.746. The highest BCUT2D eigenvalue weighted by Crippen LogP contribution is 2.05. The van der Waals surface area contributed by atoms with Gasteiger partial charge in [0.2, 0.25) is 0 Å². The second kappa shape index (κ2) is 5.84. The number of hydrogen-bond donors (Lipinski definition) is 1. The lowest BCUT2D eigenvalue weighted by Gasteiger charge is -2.00. The molecule has 0 aliphatic heterocycles. The third kappa shape index (κ3) is 3.84. The molecule has 0 radical (unpaired) electrons. The van der Waals surface area contributed by atoms with Gasteiger partial charge in [0.1, 0.15) is 6.61 Å². The van der Waals surface area contributed by atoms with E-state index in [4.69, 9.17) is 5.11 Å². The minimum absolute atomic E-state index is 0.165. The summed E-state index contributed by atoms with van der Waals surface area (Å²) < 4.78 is 4.56. The third-order valence-electron chi connectivity index (χ3n) is 1.81. The zero-order valence-electron chi connectivity index (χ0n) is 8.49. The zero-order chi connectivity index (χ0) is 11.1. The molecule has 3 nitrogen and oxygen atoms in total. The van der Waals surface area contributed by atoms with E-state index in [1.807, 2.05) is 18.2 Å². The molecule has 0 aliphatic rings. The van der Waals surface area contributed by atoms with Gasteiger partial charge in [-0.15, -0.1) is 0 Å². The van der Waals surface area contributed by atoms with E-state index in [2.05, 4.69) is 16.6 Å². The molecule has 0 saturated carbocycles. The molecule has 0 bridgehead atoms. The molecule has 78 valence electrons. The van der Waals surface area contributed by atoms with Crippen molar-refractivity contribution in [2.45, 2.75) is 6.42 Å². The number of hydrogen-bond acceptors (Lipinski definition) is 3. The van der Waals surface area contributed by atoms with Gasteiger partial charge in [0.05, 0.1) is 13.5 Å². The van der Waals surface area contributed by atoms with Crippen LogP contribution in [0.3, 0.4) is 0 Å². The Hall–Kier alpha value is -1.79. The van der Waals surface area contributed by atoms with Gasteiger partial charge in [-0.05, 0) is 17.7 Å². The Morgan fingerprint density at radius 3 is 3.00 bits per heavy atom. The molecule has 15 heavy (non-hydrogen) atoms. The normalized spacial score (nSPS) is 8.93. The first-order valence-corrected chi connectivity index (χ1v) is 4.51. The van der Waals surface area contributed by atoms with E-state index in [1.54, 1.807) is 6.07 Å². The third-order valence-corrected chi connectivity index (χ3v) is 1.81. The number of aliphatic hydroxyl groups is 1. The Balaban J connectivity index is 2.78. The summed E-state index contributed by atoms with van der Waals surface area (Å²) in [7, 11) is 1.36. The summed E-state index contributed by atoms with van der Waals surface area (Å²) in [4.78, 5) is 11.0. The Labute approximate surface area is 88.7 Å². The molecule has 0 heterocycles. The lowest BCUT2D eigenvalue weighted by molar-refractivity contribution is -0.139. The van der Waals surface area contributed by atoms with Gasteiger partial charge in [-0.2, -0.15) is 0 Å². The van der Waals surface area contributed by atoms with Crippen molar-refractivity contribution in [2.75, 3.05) is 13.7 Å². The van der Waals surface area contributed by atoms with Gasteiger partial charge >= 0.3 is 5.97 Å². The Morgan fingerprint density at radius 1 is 1.53 bits per heavy atom. The highest BCUT2D eigenvalue weighted by Gasteiger charge is 2.02. The van der Waals surface area contributed by atoms with Crippen molar-refractivity contribution < 1.29 is 14.6 Å². The summed E-state index contributed by atoms with van der Waals surface area (Å²) in [6, 6.07) is 7.28. The van der Waals surface area contributed by atoms with Gasteiger partial charge in [0.25, 0.3) is 0 Å². The van der Waals surface area contributed by atoms with Crippen molar-refractivity contribution in [1.82, 2.24) is 0 Å². The van der Waals surface area contributed by atoms with Crippen molar-refractivity contribution in [2.24, 2.45) is 0 Å². The van der Waals surface area contributed by atoms with Crippen LogP contribution < -0.4 is 0 Å². The number of ether oxygens (including phenoxy) is 1. The van der Waals surface area contributed by atoms with Crippen molar-refractivity contribution in [3.8, 4) is 11.8 Å².